The van der Waals surface area contributed by atoms with Gasteiger partial charge in [-0.05, 0) is 82.3 Å². The van der Waals surface area contributed by atoms with Crippen molar-refractivity contribution in [1.82, 2.24) is 9.13 Å². The Bertz CT molecular complexity index is 3680. The zero-order valence-electron chi connectivity index (χ0n) is 33.5. The van der Waals surface area contributed by atoms with E-state index >= 15 is 0 Å². The molecular formula is C57H40N2S. The van der Waals surface area contributed by atoms with Crippen molar-refractivity contribution < 1.29 is 0 Å². The van der Waals surface area contributed by atoms with Crippen LogP contribution in [0.4, 0.5) is 0 Å². The SMILES string of the molecule is CC1(C)c2ccccc2-c2ccc(-c3cc(-n4c5ccccc5c5c(-c6cccc7c8ccccc8n(C8C=CC=CC8)c67)cccc54)cc4c3sc3ccccc34)cc21. The Labute approximate surface area is 352 Å². The van der Waals surface area contributed by atoms with Crippen molar-refractivity contribution in [2.24, 2.45) is 0 Å². The second kappa shape index (κ2) is 12.5. The van der Waals surface area contributed by atoms with Crippen LogP contribution in [0.25, 0.3) is 103 Å². The molecule has 0 spiro atoms. The molecule has 0 amide bonds. The molecule has 3 heteroatoms. The predicted octanol–water partition coefficient (Wildman–Crippen LogP) is 16.0. The predicted molar refractivity (Wildman–Crippen MR) is 257 cm³/mol. The Balaban J connectivity index is 1.09. The first-order chi connectivity index (χ1) is 29.5. The monoisotopic (exact) mass is 784 g/mol. The number of benzene rings is 8. The molecule has 0 fully saturated rings. The first-order valence-corrected chi connectivity index (χ1v) is 21.9. The fourth-order valence-corrected chi connectivity index (χ4v) is 12.1. The van der Waals surface area contributed by atoms with Gasteiger partial charge >= 0.3 is 0 Å². The lowest BCUT2D eigenvalue weighted by molar-refractivity contribution is 0.648. The van der Waals surface area contributed by atoms with Crippen LogP contribution >= 0.6 is 11.3 Å². The molecule has 2 nitrogen and oxygen atoms in total. The van der Waals surface area contributed by atoms with Gasteiger partial charge in [0.25, 0.3) is 0 Å². The van der Waals surface area contributed by atoms with Crippen molar-refractivity contribution >= 4 is 75.1 Å². The van der Waals surface area contributed by atoms with Gasteiger partial charge in [0.2, 0.25) is 0 Å². The first kappa shape index (κ1) is 34.0. The van der Waals surface area contributed by atoms with E-state index in [4.69, 9.17) is 0 Å². The van der Waals surface area contributed by atoms with Crippen LogP contribution in [-0.2, 0) is 5.41 Å². The number of allylic oxidation sites excluding steroid dienone is 4. The molecular weight excluding hydrogens is 745 g/mol. The fraction of sp³-hybridized carbons (Fsp3) is 0.0877. The Morgan fingerprint density at radius 3 is 2.10 bits per heavy atom. The van der Waals surface area contributed by atoms with E-state index in [9.17, 15) is 0 Å². The topological polar surface area (TPSA) is 9.86 Å². The molecule has 8 aromatic carbocycles. The number of aromatic nitrogens is 2. The highest BCUT2D eigenvalue weighted by Gasteiger charge is 2.35. The largest absolute Gasteiger partial charge is 0.333 e. The highest BCUT2D eigenvalue weighted by Crippen LogP contribution is 2.51. The fourth-order valence-electron chi connectivity index (χ4n) is 10.9. The maximum Gasteiger partial charge on any atom is 0.0577 e. The summed E-state index contributed by atoms with van der Waals surface area (Å²) >= 11 is 1.91. The van der Waals surface area contributed by atoms with Gasteiger partial charge in [-0.15, -0.1) is 11.3 Å². The standard InChI is InChI=1S/C57H40N2S/c1-57(2)48-25-10-6-18-38(48)39-31-30-35(32-49(39)57)46-33-37(34-47-41-20-9-13-29-53(41)60-56(46)47)58-51-27-12-8-21-45(51)54-42(22-15-28-52(54)58)44-24-14-23-43-40-19-7-11-26-50(40)59(55(43)44)36-16-4-3-5-17-36/h3-16,18-34,36H,17H2,1-2H3. The van der Waals surface area contributed by atoms with Crippen molar-refractivity contribution in [2.45, 2.75) is 31.7 Å². The lowest BCUT2D eigenvalue weighted by atomic mass is 9.81. The van der Waals surface area contributed by atoms with Gasteiger partial charge < -0.3 is 9.13 Å². The molecule has 0 saturated heterocycles. The van der Waals surface area contributed by atoms with Crippen LogP contribution in [-0.4, -0.2) is 9.13 Å². The lowest BCUT2D eigenvalue weighted by Crippen LogP contribution is -2.14. The second-order valence-electron chi connectivity index (χ2n) is 17.2. The zero-order valence-corrected chi connectivity index (χ0v) is 34.3. The van der Waals surface area contributed by atoms with Gasteiger partial charge in [0.15, 0.2) is 0 Å². The number of hydrogen-bond acceptors (Lipinski definition) is 1. The number of nitrogens with zero attached hydrogens (tertiary/aromatic N) is 2. The third-order valence-electron chi connectivity index (χ3n) is 13.6. The molecule has 2 aliphatic rings. The van der Waals surface area contributed by atoms with Crippen LogP contribution in [0.5, 0.6) is 0 Å². The smallest absolute Gasteiger partial charge is 0.0577 e. The minimum absolute atomic E-state index is 0.0827. The molecule has 0 N–H and O–H groups in total. The van der Waals surface area contributed by atoms with Crippen molar-refractivity contribution in [1.29, 1.82) is 0 Å². The van der Waals surface area contributed by atoms with Crippen molar-refractivity contribution in [2.75, 3.05) is 0 Å². The van der Waals surface area contributed by atoms with Gasteiger partial charge in [-0.1, -0.05) is 159 Å². The van der Waals surface area contributed by atoms with E-state index in [0.29, 0.717) is 0 Å². The number of para-hydroxylation sites is 3. The normalized spacial score (nSPS) is 15.6. The number of rotatable bonds is 4. The molecule has 284 valence electrons. The second-order valence-corrected chi connectivity index (χ2v) is 18.2. The van der Waals surface area contributed by atoms with Crippen LogP contribution in [0.1, 0.15) is 37.4 Å². The average Bonchev–Trinajstić information content (AvgIpc) is 4.02. The van der Waals surface area contributed by atoms with Crippen LogP contribution < -0.4 is 0 Å². The molecule has 0 aliphatic heterocycles. The maximum absolute atomic E-state index is 2.59. The van der Waals surface area contributed by atoms with Crippen LogP contribution in [0.2, 0.25) is 0 Å². The van der Waals surface area contributed by atoms with E-state index < -0.39 is 0 Å². The zero-order chi connectivity index (χ0) is 39.7. The highest BCUT2D eigenvalue weighted by atomic mass is 32.1. The van der Waals surface area contributed by atoms with Crippen LogP contribution in [0.3, 0.4) is 0 Å². The summed E-state index contributed by atoms with van der Waals surface area (Å²) in [5.74, 6) is 0. The molecule has 2 aliphatic carbocycles. The summed E-state index contributed by atoms with van der Waals surface area (Å²) in [6.45, 7) is 4.76. The lowest BCUT2D eigenvalue weighted by Gasteiger charge is -2.22. The number of thiophene rings is 1. The van der Waals surface area contributed by atoms with E-state index in [2.05, 4.69) is 211 Å². The van der Waals surface area contributed by atoms with Crippen molar-refractivity contribution in [3.05, 3.63) is 199 Å². The van der Waals surface area contributed by atoms with E-state index in [1.807, 2.05) is 11.3 Å². The molecule has 0 saturated carbocycles. The molecule has 0 bridgehead atoms. The molecule has 13 rings (SSSR count). The van der Waals surface area contributed by atoms with Gasteiger partial charge in [0.1, 0.15) is 0 Å². The van der Waals surface area contributed by atoms with Crippen LogP contribution in [0, 0.1) is 0 Å². The number of hydrogen-bond donors (Lipinski definition) is 0. The molecule has 3 aromatic heterocycles. The van der Waals surface area contributed by atoms with Gasteiger partial charge in [-0.25, -0.2) is 0 Å². The Morgan fingerprint density at radius 2 is 1.22 bits per heavy atom. The molecule has 60 heavy (non-hydrogen) atoms. The van der Waals surface area contributed by atoms with E-state index in [1.165, 1.54) is 114 Å². The molecule has 1 unspecified atom stereocenters. The van der Waals surface area contributed by atoms with Gasteiger partial charge in [0.05, 0.1) is 22.6 Å². The molecule has 1 atom stereocenters. The van der Waals surface area contributed by atoms with Crippen molar-refractivity contribution in [3.8, 4) is 39.1 Å². The quantitative estimate of drug-likeness (QED) is 0.168. The summed E-state index contributed by atoms with van der Waals surface area (Å²) in [6, 6.07) is 62.0. The van der Waals surface area contributed by atoms with E-state index in [0.717, 1.165) is 6.42 Å². The minimum Gasteiger partial charge on any atom is -0.333 e. The van der Waals surface area contributed by atoms with E-state index in [-0.39, 0.29) is 11.5 Å². The maximum atomic E-state index is 2.59. The Morgan fingerprint density at radius 1 is 0.517 bits per heavy atom. The number of fused-ring (bicyclic) bond motifs is 12. The summed E-state index contributed by atoms with van der Waals surface area (Å²) < 4.78 is 7.77. The van der Waals surface area contributed by atoms with Gasteiger partial charge in [0, 0.05) is 69.5 Å². The third-order valence-corrected chi connectivity index (χ3v) is 14.8. The molecule has 11 aromatic rings. The van der Waals surface area contributed by atoms with E-state index in [1.54, 1.807) is 0 Å². The summed E-state index contributed by atoms with van der Waals surface area (Å²) in [5.41, 5.74) is 16.7. The average molecular weight is 785 g/mol. The van der Waals surface area contributed by atoms with Crippen LogP contribution in [0.15, 0.2) is 188 Å². The first-order valence-electron chi connectivity index (χ1n) is 21.1. The third kappa shape index (κ3) is 4.64. The van der Waals surface area contributed by atoms with Crippen molar-refractivity contribution in [3.63, 3.8) is 0 Å². The van der Waals surface area contributed by atoms with Gasteiger partial charge in [-0.2, -0.15) is 0 Å². The summed E-state index contributed by atoms with van der Waals surface area (Å²) in [4.78, 5) is 0. The summed E-state index contributed by atoms with van der Waals surface area (Å²) in [5, 5.41) is 7.75. The van der Waals surface area contributed by atoms with Gasteiger partial charge in [-0.3, -0.25) is 0 Å². The Hall–Kier alpha value is -6.94. The Kier molecular flexibility index (Phi) is 7.10. The molecule has 0 radical (unpaired) electrons. The molecule has 3 heterocycles. The highest BCUT2D eigenvalue weighted by molar-refractivity contribution is 7.26. The summed E-state index contributed by atoms with van der Waals surface area (Å²) in [6.07, 6.45) is 10.0. The summed E-state index contributed by atoms with van der Waals surface area (Å²) in [7, 11) is 0. The minimum atomic E-state index is -0.0827.